The first-order valence-corrected chi connectivity index (χ1v) is 24.0. The van der Waals surface area contributed by atoms with E-state index in [-0.39, 0.29) is 34.0 Å². The van der Waals surface area contributed by atoms with Crippen LogP contribution in [0.1, 0.15) is 221 Å². The number of rotatable bonds is 32. The molecule has 0 rings (SSSR count). The Labute approximate surface area is 293 Å². The average Bonchev–Trinajstić information content (AvgIpc) is 3.03. The number of aliphatic carboxylic acids is 2. The van der Waals surface area contributed by atoms with Crippen molar-refractivity contribution in [3.05, 3.63) is 0 Å². The average molecular weight is 744 g/mol. The smallest absolute Gasteiger partial charge is 0.0414 e. The van der Waals surface area contributed by atoms with Crippen molar-refractivity contribution in [2.24, 2.45) is 11.8 Å². The van der Waals surface area contributed by atoms with Crippen molar-refractivity contribution in [1.82, 2.24) is 0 Å². The van der Waals surface area contributed by atoms with Crippen LogP contribution in [-0.4, -0.2) is 33.1 Å². The van der Waals surface area contributed by atoms with Gasteiger partial charge in [-0.15, -0.1) is 0 Å². The molecule has 0 aliphatic carbocycles. The summed E-state index contributed by atoms with van der Waals surface area (Å²) < 4.78 is 3.31. The maximum Gasteiger partial charge on any atom is 0.0414 e. The largest absolute Gasteiger partial charge is 0.550 e. The van der Waals surface area contributed by atoms with E-state index in [0.717, 1.165) is 37.5 Å². The molecule has 0 aliphatic rings. The predicted molar refractivity (Wildman–Crippen MR) is 196 cm³/mol. The third-order valence-electron chi connectivity index (χ3n) is 8.92. The van der Waals surface area contributed by atoms with Crippen LogP contribution in [0.4, 0.5) is 0 Å². The topological polar surface area (TPSA) is 80.3 Å². The Morgan fingerprint density at radius 3 is 0.933 bits per heavy atom. The summed E-state index contributed by atoms with van der Waals surface area (Å²) in [6.45, 7) is 13.9. The van der Waals surface area contributed by atoms with E-state index < -0.39 is 11.9 Å². The van der Waals surface area contributed by atoms with Gasteiger partial charge in [0.25, 0.3) is 0 Å². The van der Waals surface area contributed by atoms with Crippen LogP contribution in [0.2, 0.25) is 8.87 Å². The summed E-state index contributed by atoms with van der Waals surface area (Å²) in [7, 11) is 0. The Kier molecular flexibility index (Phi) is 47.8. The van der Waals surface area contributed by atoms with Gasteiger partial charge in [0, 0.05) is 11.9 Å². The van der Waals surface area contributed by atoms with Gasteiger partial charge in [-0.3, -0.25) is 0 Å². The van der Waals surface area contributed by atoms with Gasteiger partial charge in [0.2, 0.25) is 0 Å². The standard InChI is InChI=1S/2C12H24O2.2C8H17.Sn/c2*1-2-3-4-5-6-7-8-9-10-11-12(13)14;2*1-4-6-7-8(3)5-2;/h2*2-11H2,1H3,(H,13,14);2*8H,3-7H2,1-2H3;/q;;;;+2/p-2. The fourth-order valence-corrected chi connectivity index (χ4v) is 11.2. The second-order valence-electron chi connectivity index (χ2n) is 13.4. The van der Waals surface area contributed by atoms with Gasteiger partial charge < -0.3 is 19.8 Å². The minimum Gasteiger partial charge on any atom is -0.550 e. The molecule has 0 N–H and O–H groups in total. The van der Waals surface area contributed by atoms with Gasteiger partial charge in [0.05, 0.1) is 0 Å². The molecule has 268 valence electrons. The van der Waals surface area contributed by atoms with Gasteiger partial charge in [-0.1, -0.05) is 117 Å². The van der Waals surface area contributed by atoms with Crippen LogP contribution < -0.4 is 10.2 Å². The molecule has 5 heteroatoms. The van der Waals surface area contributed by atoms with Gasteiger partial charge in [-0.25, -0.2) is 0 Å². The Hall–Kier alpha value is -0.261. The van der Waals surface area contributed by atoms with E-state index in [2.05, 4.69) is 41.5 Å². The SMILES string of the molecule is CCCCC(CC)[CH2][Sn+2][CH2]C(CC)CCCC.CCCCCCCCCCCC(=O)[O-].CCCCCCCCCCCC(=O)[O-]. The number of carbonyl (C=O) groups excluding carboxylic acids is 2. The second kappa shape index (κ2) is 43.7. The number of carboxylic acid groups (broad SMARTS) is 2. The molecule has 4 nitrogen and oxygen atoms in total. The van der Waals surface area contributed by atoms with Crippen LogP contribution in [0.25, 0.3) is 0 Å². The summed E-state index contributed by atoms with van der Waals surface area (Å²) in [5.74, 6) is 0.358. The molecule has 0 bridgehead atoms. The Bertz CT molecular complexity index is 520. The van der Waals surface area contributed by atoms with Crippen molar-refractivity contribution in [2.45, 2.75) is 230 Å². The minimum atomic E-state index is -0.909. The molecule has 0 fully saturated rings. The van der Waals surface area contributed by atoms with E-state index in [4.69, 9.17) is 0 Å². The molecular formula is C40H80O4Sn. The molecule has 0 radical (unpaired) electrons. The monoisotopic (exact) mass is 745 g/mol. The fraction of sp³-hybridized carbons (Fsp3) is 0.950. The first-order valence-electron chi connectivity index (χ1n) is 19.9. The molecule has 0 saturated carbocycles. The Morgan fingerprint density at radius 2 is 0.689 bits per heavy atom. The normalized spacial score (nSPS) is 11.9. The number of carboxylic acids is 2. The molecule has 0 spiro atoms. The summed E-state index contributed by atoms with van der Waals surface area (Å²) in [5.41, 5.74) is 0. The second-order valence-corrected chi connectivity index (χ2v) is 17.1. The molecule has 45 heavy (non-hydrogen) atoms. The molecule has 0 aromatic carbocycles. The van der Waals surface area contributed by atoms with Crippen LogP contribution in [-0.2, 0) is 9.59 Å². The zero-order valence-corrected chi connectivity index (χ0v) is 34.4. The molecule has 0 amide bonds. The van der Waals surface area contributed by atoms with Gasteiger partial charge in [0.1, 0.15) is 0 Å². The van der Waals surface area contributed by atoms with E-state index in [1.807, 2.05) is 0 Å². The van der Waals surface area contributed by atoms with Gasteiger partial charge in [-0.05, 0) is 25.7 Å². The zero-order chi connectivity index (χ0) is 34.2. The molecule has 0 aromatic heterocycles. The third-order valence-corrected chi connectivity index (χ3v) is 13.9. The van der Waals surface area contributed by atoms with Crippen molar-refractivity contribution in [2.75, 3.05) is 0 Å². The van der Waals surface area contributed by atoms with E-state index in [1.165, 1.54) is 141 Å². The predicted octanol–water partition coefficient (Wildman–Crippen LogP) is 11.3. The maximum absolute atomic E-state index is 10.1. The minimum absolute atomic E-state index is 0.0388. The molecule has 2 unspecified atom stereocenters. The van der Waals surface area contributed by atoms with Crippen molar-refractivity contribution in [1.29, 1.82) is 0 Å². The van der Waals surface area contributed by atoms with Gasteiger partial charge >= 0.3 is 121 Å². The summed E-state index contributed by atoms with van der Waals surface area (Å²) >= 11 is -0.0388. The van der Waals surface area contributed by atoms with Crippen LogP contribution in [0, 0.1) is 11.8 Å². The molecule has 0 aromatic rings. The summed E-state index contributed by atoms with van der Waals surface area (Å²) in [6, 6.07) is 0. The van der Waals surface area contributed by atoms with Gasteiger partial charge in [0.15, 0.2) is 0 Å². The first-order chi connectivity index (χ1) is 21.8. The first kappa shape index (κ1) is 49.1. The number of carbonyl (C=O) groups is 2. The number of hydrogen-bond donors (Lipinski definition) is 0. The molecular weight excluding hydrogens is 663 g/mol. The van der Waals surface area contributed by atoms with Crippen molar-refractivity contribution in [3.63, 3.8) is 0 Å². The van der Waals surface area contributed by atoms with Crippen LogP contribution in [0.15, 0.2) is 0 Å². The van der Waals surface area contributed by atoms with E-state index >= 15 is 0 Å². The van der Waals surface area contributed by atoms with Crippen LogP contribution >= 0.6 is 0 Å². The van der Waals surface area contributed by atoms with E-state index in [1.54, 1.807) is 8.87 Å². The van der Waals surface area contributed by atoms with Crippen molar-refractivity contribution >= 4 is 33.1 Å². The van der Waals surface area contributed by atoms with E-state index in [0.29, 0.717) is 0 Å². The number of unbranched alkanes of at least 4 members (excludes halogenated alkanes) is 18. The zero-order valence-electron chi connectivity index (χ0n) is 31.5. The molecule has 2 atom stereocenters. The molecule has 0 heterocycles. The molecule has 0 aliphatic heterocycles. The fourth-order valence-electron chi connectivity index (χ4n) is 5.54. The third kappa shape index (κ3) is 48.3. The molecule has 0 saturated heterocycles. The summed E-state index contributed by atoms with van der Waals surface area (Å²) in [6.07, 6.45) is 33.9. The quantitative estimate of drug-likeness (QED) is 0.0507. The summed E-state index contributed by atoms with van der Waals surface area (Å²) in [4.78, 5) is 20.2. The van der Waals surface area contributed by atoms with E-state index in [9.17, 15) is 19.8 Å². The van der Waals surface area contributed by atoms with Crippen molar-refractivity contribution in [3.8, 4) is 0 Å². The van der Waals surface area contributed by atoms with Gasteiger partial charge in [-0.2, -0.15) is 0 Å². The van der Waals surface area contributed by atoms with Crippen LogP contribution in [0.3, 0.4) is 0 Å². The maximum atomic E-state index is 10.1. The van der Waals surface area contributed by atoms with Crippen molar-refractivity contribution < 1.29 is 19.8 Å². The Balaban J connectivity index is -0.000000592. The summed E-state index contributed by atoms with van der Waals surface area (Å²) in [5, 5.41) is 20.2. The van der Waals surface area contributed by atoms with Crippen LogP contribution in [0.5, 0.6) is 0 Å². The Morgan fingerprint density at radius 1 is 0.422 bits per heavy atom. The number of hydrogen-bond acceptors (Lipinski definition) is 4.